The van der Waals surface area contributed by atoms with Gasteiger partial charge in [0, 0.05) is 12.6 Å². The molecule has 20 heavy (non-hydrogen) atoms. The lowest BCUT2D eigenvalue weighted by Gasteiger charge is -2.16. The van der Waals surface area contributed by atoms with Crippen molar-refractivity contribution >= 4 is 24.5 Å². The molecule has 0 bridgehead atoms. The summed E-state index contributed by atoms with van der Waals surface area (Å²) in [5, 5.41) is 9.83. The average Bonchev–Trinajstić information content (AvgIpc) is 2.72. The second kappa shape index (κ2) is 6.44. The number of ether oxygens (including phenoxy) is 1. The summed E-state index contributed by atoms with van der Waals surface area (Å²) < 4.78 is 11.6. The summed E-state index contributed by atoms with van der Waals surface area (Å²) in [6, 6.07) is 0. The molecule has 2 heterocycles. The second-order valence-corrected chi connectivity index (χ2v) is 5.89. The minimum Gasteiger partial charge on any atom is -0.390 e. The predicted octanol–water partition coefficient (Wildman–Crippen LogP) is -0.858. The molecule has 5 N–H and O–H groups in total. The number of rotatable bonds is 4. The van der Waals surface area contributed by atoms with Crippen molar-refractivity contribution in [3.05, 3.63) is 31.5 Å². The molecule has 1 unspecified atom stereocenters. The van der Waals surface area contributed by atoms with E-state index in [2.05, 4.69) is 20.9 Å². The third-order valence-corrected chi connectivity index (χ3v) is 3.79. The molecule has 0 spiro atoms. The Hall–Kier alpha value is -0.610. The number of hydrogen-bond donors (Lipinski definition) is 4. The van der Waals surface area contributed by atoms with Crippen molar-refractivity contribution < 1.29 is 19.3 Å². The molecule has 0 radical (unpaired) electrons. The van der Waals surface area contributed by atoms with E-state index in [1.807, 2.05) is 0 Å². The van der Waals surface area contributed by atoms with Crippen LogP contribution in [0.4, 0.5) is 0 Å². The number of aromatic nitrogens is 2. The standard InChI is InChI=1S/C9H13BrN3O6P/c10-4-2-13(9(16)12-8(4)15)7-1-5(14)6(19-7)3-18-20(11)17/h2,5-7,14,17H,1,3,11H2,(H,12,15,16)/t5-,6+,7+,20?/m0/s1. The molecule has 0 aromatic carbocycles. The van der Waals surface area contributed by atoms with Gasteiger partial charge in [-0.3, -0.25) is 19.8 Å². The number of nitrogens with one attached hydrogen (secondary N) is 1. The van der Waals surface area contributed by atoms with E-state index >= 15 is 0 Å². The molecule has 1 saturated heterocycles. The Morgan fingerprint density at radius 1 is 1.65 bits per heavy atom. The van der Waals surface area contributed by atoms with Crippen molar-refractivity contribution in [2.45, 2.75) is 24.9 Å². The Balaban J connectivity index is 2.14. The number of hydrogen-bond acceptors (Lipinski definition) is 7. The zero-order valence-electron chi connectivity index (χ0n) is 10.1. The van der Waals surface area contributed by atoms with Crippen LogP contribution in [0.5, 0.6) is 0 Å². The van der Waals surface area contributed by atoms with Crippen LogP contribution in [-0.4, -0.2) is 38.4 Å². The van der Waals surface area contributed by atoms with E-state index in [1.165, 1.54) is 10.8 Å². The van der Waals surface area contributed by atoms with Gasteiger partial charge in [0.15, 0.2) is 0 Å². The van der Waals surface area contributed by atoms with Gasteiger partial charge >= 0.3 is 5.69 Å². The molecule has 1 aromatic rings. The van der Waals surface area contributed by atoms with Crippen LogP contribution in [0.25, 0.3) is 0 Å². The van der Waals surface area contributed by atoms with Crippen molar-refractivity contribution in [1.29, 1.82) is 0 Å². The van der Waals surface area contributed by atoms with Gasteiger partial charge in [0.1, 0.15) is 12.3 Å². The van der Waals surface area contributed by atoms with Crippen LogP contribution in [0.15, 0.2) is 20.3 Å². The average molecular weight is 370 g/mol. The number of aliphatic hydroxyl groups is 1. The molecular weight excluding hydrogens is 357 g/mol. The van der Waals surface area contributed by atoms with Gasteiger partial charge in [0.25, 0.3) is 5.56 Å². The van der Waals surface area contributed by atoms with Gasteiger partial charge in [-0.15, -0.1) is 0 Å². The largest absolute Gasteiger partial charge is 0.390 e. The molecule has 1 aliphatic rings. The molecule has 4 atom stereocenters. The van der Waals surface area contributed by atoms with Gasteiger partial charge < -0.3 is 19.3 Å². The van der Waals surface area contributed by atoms with Crippen LogP contribution in [0.1, 0.15) is 12.6 Å². The van der Waals surface area contributed by atoms with Gasteiger partial charge in [-0.05, 0) is 15.9 Å². The van der Waals surface area contributed by atoms with Crippen molar-refractivity contribution in [2.75, 3.05) is 6.61 Å². The van der Waals surface area contributed by atoms with Crippen LogP contribution in [-0.2, 0) is 9.26 Å². The number of aliphatic hydroxyl groups excluding tert-OH is 1. The summed E-state index contributed by atoms with van der Waals surface area (Å²) in [4.78, 5) is 33.9. The zero-order valence-corrected chi connectivity index (χ0v) is 12.6. The van der Waals surface area contributed by atoms with Crippen molar-refractivity contribution in [2.24, 2.45) is 5.50 Å². The molecule has 2 rings (SSSR count). The smallest absolute Gasteiger partial charge is 0.330 e. The van der Waals surface area contributed by atoms with E-state index in [9.17, 15) is 14.7 Å². The van der Waals surface area contributed by atoms with Crippen molar-refractivity contribution in [3.8, 4) is 0 Å². The Bertz CT molecular complexity index is 590. The quantitative estimate of drug-likeness (QED) is 0.506. The molecule has 11 heteroatoms. The molecule has 0 saturated carbocycles. The molecule has 112 valence electrons. The minimum atomic E-state index is -2.03. The first-order chi connectivity index (χ1) is 9.38. The zero-order chi connectivity index (χ0) is 14.9. The lowest BCUT2D eigenvalue weighted by atomic mass is 10.2. The van der Waals surface area contributed by atoms with E-state index in [-0.39, 0.29) is 17.5 Å². The monoisotopic (exact) mass is 369 g/mol. The summed E-state index contributed by atoms with van der Waals surface area (Å²) in [6.45, 7) is -0.0877. The maximum Gasteiger partial charge on any atom is 0.330 e. The molecular formula is C9H13BrN3O6P. The SMILES string of the molecule is NP(O)OC[C@H]1O[C@@H](n2cc(Br)c(=O)[nH]c2=O)C[C@@H]1O. The maximum atomic E-state index is 11.7. The summed E-state index contributed by atoms with van der Waals surface area (Å²) in [7, 11) is -2.03. The molecule has 1 aliphatic heterocycles. The number of aromatic amines is 1. The topological polar surface area (TPSA) is 140 Å². The van der Waals surface area contributed by atoms with Crippen LogP contribution in [0, 0.1) is 0 Å². The van der Waals surface area contributed by atoms with E-state index in [0.29, 0.717) is 0 Å². The summed E-state index contributed by atoms with van der Waals surface area (Å²) in [5.74, 6) is 0. The lowest BCUT2D eigenvalue weighted by molar-refractivity contribution is -0.0407. The lowest BCUT2D eigenvalue weighted by Crippen LogP contribution is -2.32. The minimum absolute atomic E-state index is 0.0877. The first-order valence-electron chi connectivity index (χ1n) is 5.59. The molecule has 1 aromatic heterocycles. The first-order valence-corrected chi connectivity index (χ1v) is 7.67. The molecule has 0 aliphatic carbocycles. The molecule has 9 nitrogen and oxygen atoms in total. The van der Waals surface area contributed by atoms with E-state index in [0.717, 1.165) is 0 Å². The van der Waals surface area contributed by atoms with E-state index in [1.54, 1.807) is 0 Å². The number of nitrogens with two attached hydrogens (primary N) is 1. The maximum absolute atomic E-state index is 11.7. The Kier molecular flexibility index (Phi) is 5.08. The summed E-state index contributed by atoms with van der Waals surface area (Å²) in [6.07, 6.45) is -0.864. The van der Waals surface area contributed by atoms with Gasteiger partial charge in [-0.2, -0.15) is 0 Å². The van der Waals surface area contributed by atoms with Crippen molar-refractivity contribution in [1.82, 2.24) is 9.55 Å². The van der Waals surface area contributed by atoms with Gasteiger partial charge in [-0.25, -0.2) is 4.79 Å². The molecule has 0 amide bonds. The highest BCUT2D eigenvalue weighted by Crippen LogP contribution is 2.30. The second-order valence-electron chi connectivity index (χ2n) is 4.17. The summed E-state index contributed by atoms with van der Waals surface area (Å²) in [5.41, 5.74) is 3.90. The number of nitrogens with zero attached hydrogens (tertiary/aromatic N) is 1. The van der Waals surface area contributed by atoms with E-state index < -0.39 is 38.2 Å². The fourth-order valence-corrected chi connectivity index (χ4v) is 2.48. The summed E-state index contributed by atoms with van der Waals surface area (Å²) >= 11 is 3.01. The fourth-order valence-electron chi connectivity index (χ4n) is 1.86. The number of halogens is 1. The molecule has 1 fully saturated rings. The predicted molar refractivity (Wildman–Crippen MR) is 72.8 cm³/mol. The Labute approximate surface area is 122 Å². The highest BCUT2D eigenvalue weighted by atomic mass is 79.9. The van der Waals surface area contributed by atoms with Crippen LogP contribution < -0.4 is 16.8 Å². The number of H-pyrrole nitrogens is 1. The van der Waals surface area contributed by atoms with Gasteiger partial charge in [0.05, 0.1) is 17.2 Å². The van der Waals surface area contributed by atoms with E-state index in [4.69, 9.17) is 19.7 Å². The van der Waals surface area contributed by atoms with Gasteiger partial charge in [0.2, 0.25) is 8.53 Å². The normalized spacial score (nSPS) is 27.7. The fraction of sp³-hybridized carbons (Fsp3) is 0.556. The van der Waals surface area contributed by atoms with Gasteiger partial charge in [-0.1, -0.05) is 0 Å². The van der Waals surface area contributed by atoms with Crippen LogP contribution in [0.2, 0.25) is 0 Å². The van der Waals surface area contributed by atoms with Crippen LogP contribution in [0.3, 0.4) is 0 Å². The third-order valence-electron chi connectivity index (χ3n) is 2.81. The highest BCUT2D eigenvalue weighted by molar-refractivity contribution is 9.10. The Morgan fingerprint density at radius 2 is 2.35 bits per heavy atom. The third kappa shape index (κ3) is 3.53. The highest BCUT2D eigenvalue weighted by Gasteiger charge is 2.36. The van der Waals surface area contributed by atoms with Crippen molar-refractivity contribution in [3.63, 3.8) is 0 Å². The Morgan fingerprint density at radius 3 is 3.00 bits per heavy atom. The van der Waals surface area contributed by atoms with Crippen LogP contribution >= 0.6 is 24.5 Å². The first kappa shape index (κ1) is 15.8.